The van der Waals surface area contributed by atoms with Crippen LogP contribution in [0.1, 0.15) is 21.5 Å². The van der Waals surface area contributed by atoms with Gasteiger partial charge in [-0.2, -0.15) is 4.99 Å². The first-order valence-corrected chi connectivity index (χ1v) is 8.55. The van der Waals surface area contributed by atoms with E-state index in [1.54, 1.807) is 18.2 Å². The summed E-state index contributed by atoms with van der Waals surface area (Å²) in [5.74, 6) is -0.394. The number of carbonyl (C=O) groups is 1. The molecule has 0 spiro atoms. The van der Waals surface area contributed by atoms with Gasteiger partial charge in [-0.25, -0.2) is 0 Å². The fraction of sp³-hybridized carbons (Fsp3) is 0.176. The number of hydrogen-bond donors (Lipinski definition) is 0. The number of hydrogen-bond acceptors (Lipinski definition) is 2. The Morgan fingerprint density at radius 2 is 1.91 bits per heavy atom. The lowest BCUT2D eigenvalue weighted by molar-refractivity contribution is 0.0998. The molecule has 1 amide bonds. The lowest BCUT2D eigenvalue weighted by atomic mass is 10.1. The van der Waals surface area contributed by atoms with E-state index in [0.29, 0.717) is 20.4 Å². The minimum absolute atomic E-state index is 0.310. The Kier molecular flexibility index (Phi) is 4.32. The van der Waals surface area contributed by atoms with E-state index in [2.05, 4.69) is 31.0 Å². The van der Waals surface area contributed by atoms with E-state index in [0.717, 1.165) is 10.2 Å². The van der Waals surface area contributed by atoms with Crippen molar-refractivity contribution in [2.45, 2.75) is 13.8 Å². The van der Waals surface area contributed by atoms with Crippen LogP contribution in [0.4, 0.5) is 0 Å². The molecule has 0 aliphatic rings. The molecule has 1 aromatic heterocycles. The summed E-state index contributed by atoms with van der Waals surface area (Å²) in [4.78, 5) is 17.3. The fourth-order valence-electron chi connectivity index (χ4n) is 2.48. The number of nitrogens with zero attached hydrogens (tertiary/aromatic N) is 2. The normalized spacial score (nSPS) is 12.1. The average molecular weight is 365 g/mol. The fourth-order valence-corrected chi connectivity index (χ4v) is 3.92. The smallest absolute Gasteiger partial charge is 0.281 e. The minimum atomic E-state index is -0.394. The van der Waals surface area contributed by atoms with Gasteiger partial charge in [0.15, 0.2) is 4.80 Å². The Morgan fingerprint density at radius 3 is 2.65 bits per heavy atom. The van der Waals surface area contributed by atoms with E-state index in [1.165, 1.54) is 22.5 Å². The van der Waals surface area contributed by atoms with Crippen molar-refractivity contribution in [3.05, 3.63) is 61.9 Å². The lowest BCUT2D eigenvalue weighted by Gasteiger charge is -2.01. The summed E-state index contributed by atoms with van der Waals surface area (Å²) in [6.07, 6.45) is 0. The zero-order valence-electron chi connectivity index (χ0n) is 12.9. The Morgan fingerprint density at radius 1 is 1.17 bits per heavy atom. The van der Waals surface area contributed by atoms with Crippen molar-refractivity contribution in [1.29, 1.82) is 0 Å². The monoisotopic (exact) mass is 364 g/mol. The highest BCUT2D eigenvalue weighted by atomic mass is 35.5. The molecule has 0 fully saturated rings. The predicted molar refractivity (Wildman–Crippen MR) is 96.6 cm³/mol. The number of aryl methyl sites for hydroxylation is 3. The third kappa shape index (κ3) is 3.07. The molecule has 3 nitrogen and oxygen atoms in total. The SMILES string of the molecule is Cc1cc(C)c2sc(=NC(=O)c3cc(Cl)ccc3Cl)n(C)c2c1. The van der Waals surface area contributed by atoms with Crippen LogP contribution in [0.3, 0.4) is 0 Å². The van der Waals surface area contributed by atoms with Gasteiger partial charge in [-0.15, -0.1) is 0 Å². The van der Waals surface area contributed by atoms with Crippen molar-refractivity contribution < 1.29 is 4.79 Å². The van der Waals surface area contributed by atoms with Crippen LogP contribution in [-0.2, 0) is 7.05 Å². The summed E-state index contributed by atoms with van der Waals surface area (Å²) in [5, 5.41) is 0.805. The molecular formula is C17H14Cl2N2OS. The largest absolute Gasteiger partial charge is 0.319 e. The molecule has 0 aliphatic heterocycles. The second-order valence-corrected chi connectivity index (χ2v) is 7.24. The van der Waals surface area contributed by atoms with Crippen LogP contribution in [0.15, 0.2) is 35.3 Å². The lowest BCUT2D eigenvalue weighted by Crippen LogP contribution is -2.13. The van der Waals surface area contributed by atoms with Gasteiger partial charge in [0, 0.05) is 12.1 Å². The molecule has 3 rings (SSSR count). The molecule has 3 aromatic rings. The zero-order chi connectivity index (χ0) is 16.7. The number of rotatable bonds is 1. The van der Waals surface area contributed by atoms with Gasteiger partial charge < -0.3 is 4.57 Å². The standard InChI is InChI=1S/C17H14Cl2N2OS/c1-9-6-10(2)15-14(7-9)21(3)17(23-15)20-16(22)12-8-11(18)4-5-13(12)19/h4-8H,1-3H3. The summed E-state index contributed by atoms with van der Waals surface area (Å²) in [6.45, 7) is 4.11. The van der Waals surface area contributed by atoms with E-state index in [4.69, 9.17) is 23.2 Å². The summed E-state index contributed by atoms with van der Waals surface area (Å²) in [7, 11) is 1.91. The number of carbonyl (C=O) groups excluding carboxylic acids is 1. The third-order valence-corrected chi connectivity index (χ3v) is 5.44. The molecule has 23 heavy (non-hydrogen) atoms. The average Bonchev–Trinajstić information content (AvgIpc) is 2.79. The van der Waals surface area contributed by atoms with E-state index < -0.39 is 5.91 Å². The summed E-state index contributed by atoms with van der Waals surface area (Å²) in [5.41, 5.74) is 3.73. The Hall–Kier alpha value is -1.62. The van der Waals surface area contributed by atoms with Gasteiger partial charge in [0.25, 0.3) is 5.91 Å². The highest BCUT2D eigenvalue weighted by molar-refractivity contribution is 7.16. The highest BCUT2D eigenvalue weighted by Gasteiger charge is 2.12. The van der Waals surface area contributed by atoms with Crippen molar-refractivity contribution in [3.8, 4) is 0 Å². The summed E-state index contributed by atoms with van der Waals surface area (Å²) in [6, 6.07) is 9.00. The zero-order valence-corrected chi connectivity index (χ0v) is 15.2. The molecule has 6 heteroatoms. The first-order chi connectivity index (χ1) is 10.9. The number of halogens is 2. The number of benzene rings is 2. The van der Waals surface area contributed by atoms with Crippen LogP contribution in [0.2, 0.25) is 10.0 Å². The van der Waals surface area contributed by atoms with Crippen molar-refractivity contribution >= 4 is 50.7 Å². The molecule has 0 saturated carbocycles. The van der Waals surface area contributed by atoms with E-state index >= 15 is 0 Å². The Labute approximate surface area is 147 Å². The van der Waals surface area contributed by atoms with Gasteiger partial charge >= 0.3 is 0 Å². The maximum Gasteiger partial charge on any atom is 0.281 e. The molecule has 0 saturated heterocycles. The van der Waals surface area contributed by atoms with Gasteiger partial charge in [0.1, 0.15) is 0 Å². The Bertz CT molecular complexity index is 1000. The molecular weight excluding hydrogens is 351 g/mol. The number of aromatic nitrogens is 1. The van der Waals surface area contributed by atoms with Crippen LogP contribution in [0, 0.1) is 13.8 Å². The van der Waals surface area contributed by atoms with Crippen LogP contribution < -0.4 is 4.80 Å². The van der Waals surface area contributed by atoms with Crippen molar-refractivity contribution in [3.63, 3.8) is 0 Å². The van der Waals surface area contributed by atoms with Gasteiger partial charge in [-0.3, -0.25) is 4.79 Å². The maximum atomic E-state index is 12.5. The van der Waals surface area contributed by atoms with Crippen molar-refractivity contribution in [1.82, 2.24) is 4.57 Å². The minimum Gasteiger partial charge on any atom is -0.319 e. The summed E-state index contributed by atoms with van der Waals surface area (Å²) < 4.78 is 3.05. The Balaban J connectivity index is 2.18. The van der Waals surface area contributed by atoms with Crippen LogP contribution >= 0.6 is 34.5 Å². The van der Waals surface area contributed by atoms with E-state index in [9.17, 15) is 4.79 Å². The number of fused-ring (bicyclic) bond motifs is 1. The van der Waals surface area contributed by atoms with Gasteiger partial charge in [-0.05, 0) is 49.2 Å². The van der Waals surface area contributed by atoms with Crippen LogP contribution in [0.5, 0.6) is 0 Å². The highest BCUT2D eigenvalue weighted by Crippen LogP contribution is 2.24. The molecule has 0 bridgehead atoms. The van der Waals surface area contributed by atoms with Crippen LogP contribution in [0.25, 0.3) is 10.2 Å². The van der Waals surface area contributed by atoms with Gasteiger partial charge in [-0.1, -0.05) is 40.6 Å². The molecule has 0 unspecified atom stereocenters. The molecule has 0 N–H and O–H groups in total. The van der Waals surface area contributed by atoms with Gasteiger partial charge in [0.2, 0.25) is 0 Å². The molecule has 2 aromatic carbocycles. The van der Waals surface area contributed by atoms with Crippen LogP contribution in [-0.4, -0.2) is 10.5 Å². The first kappa shape index (κ1) is 16.2. The van der Waals surface area contributed by atoms with Crippen molar-refractivity contribution in [2.75, 3.05) is 0 Å². The second kappa shape index (κ2) is 6.11. The quantitative estimate of drug-likeness (QED) is 0.604. The van der Waals surface area contributed by atoms with E-state index in [-0.39, 0.29) is 0 Å². The second-order valence-electron chi connectivity index (χ2n) is 5.41. The predicted octanol–water partition coefficient (Wildman–Crippen LogP) is 4.90. The number of thiazole rings is 1. The molecule has 118 valence electrons. The van der Waals surface area contributed by atoms with E-state index in [1.807, 2.05) is 11.6 Å². The first-order valence-electron chi connectivity index (χ1n) is 6.97. The molecule has 1 heterocycles. The topological polar surface area (TPSA) is 34.4 Å². The maximum absolute atomic E-state index is 12.5. The molecule has 0 aliphatic carbocycles. The van der Waals surface area contributed by atoms with Crippen molar-refractivity contribution in [2.24, 2.45) is 12.0 Å². The number of amides is 1. The molecule has 0 radical (unpaired) electrons. The third-order valence-electron chi connectivity index (χ3n) is 3.60. The molecule has 0 atom stereocenters. The summed E-state index contributed by atoms with van der Waals surface area (Å²) >= 11 is 13.5. The van der Waals surface area contributed by atoms with Gasteiger partial charge in [0.05, 0.1) is 20.8 Å².